The van der Waals surface area contributed by atoms with E-state index in [2.05, 4.69) is 5.32 Å². The average molecular weight is 502 g/mol. The molecule has 2 amide bonds. The van der Waals surface area contributed by atoms with E-state index in [4.69, 9.17) is 0 Å². The summed E-state index contributed by atoms with van der Waals surface area (Å²) in [5.74, 6) is -0.365. The topological polar surface area (TPSA) is 86.8 Å². The van der Waals surface area contributed by atoms with Gasteiger partial charge in [-0.15, -0.1) is 0 Å². The molecule has 1 unspecified atom stereocenters. The number of hydrogen-bond acceptors (Lipinski definition) is 4. The van der Waals surface area contributed by atoms with Crippen molar-refractivity contribution in [3.05, 3.63) is 65.7 Å². The lowest BCUT2D eigenvalue weighted by Crippen LogP contribution is -2.53. The maximum Gasteiger partial charge on any atom is 0.243 e. The summed E-state index contributed by atoms with van der Waals surface area (Å²) >= 11 is 0. The quantitative estimate of drug-likeness (QED) is 0.502. The van der Waals surface area contributed by atoms with E-state index >= 15 is 0 Å². The summed E-state index contributed by atoms with van der Waals surface area (Å²) in [5, 5.41) is 2.99. The number of carbonyl (C=O) groups is 2. The maximum atomic E-state index is 13.4. The number of rotatable bonds is 11. The molecule has 2 aromatic carbocycles. The molecular formula is C27H39N3O4S. The van der Waals surface area contributed by atoms with Crippen LogP contribution >= 0.6 is 0 Å². The smallest absolute Gasteiger partial charge is 0.243 e. The zero-order chi connectivity index (χ0) is 26.2. The van der Waals surface area contributed by atoms with Gasteiger partial charge in [0.05, 0.1) is 4.90 Å². The predicted molar refractivity (Wildman–Crippen MR) is 139 cm³/mol. The van der Waals surface area contributed by atoms with Crippen molar-refractivity contribution in [3.63, 3.8) is 0 Å². The molecule has 8 heteroatoms. The zero-order valence-electron chi connectivity index (χ0n) is 21.7. The molecule has 0 aliphatic carbocycles. The Labute approximate surface area is 210 Å². The van der Waals surface area contributed by atoms with E-state index < -0.39 is 21.6 Å². The van der Waals surface area contributed by atoms with Crippen LogP contribution in [-0.2, 0) is 26.2 Å². The SMILES string of the molecule is CCC(C(=O)NC(C)(C)C)N(Cc1ccc(C)cc1)C(=O)CCCN(C)S(=O)(=O)c1ccccc1. The summed E-state index contributed by atoms with van der Waals surface area (Å²) in [7, 11) is -2.10. The standard InChI is InChI=1S/C27H39N3O4S/c1-7-24(26(32)28-27(3,4)5)30(20-22-17-15-21(2)16-18-22)25(31)14-11-19-29(6)35(33,34)23-12-9-8-10-13-23/h8-10,12-13,15-18,24H,7,11,14,19-20H2,1-6H3,(H,28,32). The summed E-state index contributed by atoms with van der Waals surface area (Å²) in [6, 6.07) is 15.5. The molecule has 1 atom stereocenters. The summed E-state index contributed by atoms with van der Waals surface area (Å²) in [5.41, 5.74) is 1.64. The van der Waals surface area contributed by atoms with Crippen LogP contribution in [0.3, 0.4) is 0 Å². The Morgan fingerprint density at radius 3 is 2.14 bits per heavy atom. The number of benzene rings is 2. The first kappa shape index (κ1) is 28.5. The van der Waals surface area contributed by atoms with E-state index in [0.717, 1.165) is 11.1 Å². The number of aryl methyl sites for hydroxylation is 1. The van der Waals surface area contributed by atoms with E-state index in [1.807, 2.05) is 58.9 Å². The molecule has 0 aliphatic heterocycles. The van der Waals surface area contributed by atoms with Crippen LogP contribution in [0.25, 0.3) is 0 Å². The van der Waals surface area contributed by atoms with Gasteiger partial charge in [0, 0.05) is 32.1 Å². The van der Waals surface area contributed by atoms with Crippen LogP contribution in [0.4, 0.5) is 0 Å². The van der Waals surface area contributed by atoms with Gasteiger partial charge in [-0.3, -0.25) is 9.59 Å². The first-order chi connectivity index (χ1) is 16.3. The second kappa shape index (κ2) is 12.3. The maximum absolute atomic E-state index is 13.4. The fraction of sp³-hybridized carbons (Fsp3) is 0.481. The van der Waals surface area contributed by atoms with Crippen molar-refractivity contribution in [1.29, 1.82) is 0 Å². The van der Waals surface area contributed by atoms with Crippen molar-refractivity contribution in [1.82, 2.24) is 14.5 Å². The van der Waals surface area contributed by atoms with Gasteiger partial charge >= 0.3 is 0 Å². The van der Waals surface area contributed by atoms with E-state index in [0.29, 0.717) is 19.4 Å². The predicted octanol–water partition coefficient (Wildman–Crippen LogP) is 4.12. The van der Waals surface area contributed by atoms with E-state index in [-0.39, 0.29) is 29.7 Å². The highest BCUT2D eigenvalue weighted by Crippen LogP contribution is 2.18. The molecule has 1 N–H and O–H groups in total. The van der Waals surface area contributed by atoms with Crippen LogP contribution in [0.15, 0.2) is 59.5 Å². The average Bonchev–Trinajstić information content (AvgIpc) is 2.79. The summed E-state index contributed by atoms with van der Waals surface area (Å²) < 4.78 is 26.8. The first-order valence-corrected chi connectivity index (χ1v) is 13.5. The number of hydrogen-bond donors (Lipinski definition) is 1. The van der Waals surface area contributed by atoms with Crippen LogP contribution in [0, 0.1) is 6.92 Å². The van der Waals surface area contributed by atoms with E-state index in [1.54, 1.807) is 35.2 Å². The van der Waals surface area contributed by atoms with Gasteiger partial charge in [0.25, 0.3) is 0 Å². The van der Waals surface area contributed by atoms with E-state index in [9.17, 15) is 18.0 Å². The molecule has 0 saturated heterocycles. The number of nitrogens with one attached hydrogen (secondary N) is 1. The van der Waals surface area contributed by atoms with Crippen molar-refractivity contribution >= 4 is 21.8 Å². The van der Waals surface area contributed by atoms with Gasteiger partial charge in [-0.05, 0) is 58.2 Å². The Kier molecular flexibility index (Phi) is 10.0. The molecule has 7 nitrogen and oxygen atoms in total. The van der Waals surface area contributed by atoms with Crippen LogP contribution < -0.4 is 5.32 Å². The molecule has 2 rings (SSSR count). The molecule has 0 aromatic heterocycles. The molecule has 0 aliphatic rings. The third kappa shape index (κ3) is 8.47. The Morgan fingerprint density at radius 2 is 1.60 bits per heavy atom. The summed E-state index contributed by atoms with van der Waals surface area (Å²) in [4.78, 5) is 28.3. The van der Waals surface area contributed by atoms with Crippen molar-refractivity contribution in [2.75, 3.05) is 13.6 Å². The molecule has 0 spiro atoms. The molecular weight excluding hydrogens is 462 g/mol. The molecule has 0 fully saturated rings. The van der Waals surface area contributed by atoms with Gasteiger partial charge < -0.3 is 10.2 Å². The summed E-state index contributed by atoms with van der Waals surface area (Å²) in [6.07, 6.45) is 0.963. The molecule has 192 valence electrons. The lowest BCUT2D eigenvalue weighted by Gasteiger charge is -2.33. The van der Waals surface area contributed by atoms with Crippen molar-refractivity contribution in [3.8, 4) is 0 Å². The zero-order valence-corrected chi connectivity index (χ0v) is 22.6. The van der Waals surface area contributed by atoms with Crippen molar-refractivity contribution < 1.29 is 18.0 Å². The van der Waals surface area contributed by atoms with Gasteiger partial charge in [0.1, 0.15) is 6.04 Å². The minimum Gasteiger partial charge on any atom is -0.350 e. The summed E-state index contributed by atoms with van der Waals surface area (Å²) in [6.45, 7) is 10.1. The second-order valence-corrected chi connectivity index (χ2v) is 12.0. The van der Waals surface area contributed by atoms with Gasteiger partial charge in [-0.25, -0.2) is 12.7 Å². The normalized spacial score (nSPS) is 12.9. The fourth-order valence-corrected chi connectivity index (χ4v) is 4.98. The minimum atomic E-state index is -3.62. The molecule has 0 heterocycles. The minimum absolute atomic E-state index is 0.139. The van der Waals surface area contributed by atoms with Gasteiger partial charge in [-0.2, -0.15) is 0 Å². The Balaban J connectivity index is 2.15. The van der Waals surface area contributed by atoms with Gasteiger partial charge in [0.15, 0.2) is 0 Å². The number of nitrogens with zero attached hydrogens (tertiary/aromatic N) is 2. The van der Waals surface area contributed by atoms with Crippen LogP contribution in [0.2, 0.25) is 0 Å². The van der Waals surface area contributed by atoms with Gasteiger partial charge in [-0.1, -0.05) is 55.0 Å². The number of carbonyl (C=O) groups excluding carboxylic acids is 2. The number of amides is 2. The Hall–Kier alpha value is -2.71. The first-order valence-electron chi connectivity index (χ1n) is 12.0. The van der Waals surface area contributed by atoms with Gasteiger partial charge in [0.2, 0.25) is 21.8 Å². The Morgan fingerprint density at radius 1 is 1.00 bits per heavy atom. The monoisotopic (exact) mass is 501 g/mol. The molecule has 2 aromatic rings. The Bertz CT molecular complexity index is 1080. The lowest BCUT2D eigenvalue weighted by atomic mass is 10.0. The molecule has 0 saturated carbocycles. The lowest BCUT2D eigenvalue weighted by molar-refractivity contribution is -0.142. The van der Waals surface area contributed by atoms with Crippen molar-refractivity contribution in [2.45, 2.75) is 76.9 Å². The third-order valence-corrected chi connectivity index (χ3v) is 7.54. The van der Waals surface area contributed by atoms with Crippen LogP contribution in [0.1, 0.15) is 58.1 Å². The van der Waals surface area contributed by atoms with Crippen molar-refractivity contribution in [2.24, 2.45) is 0 Å². The molecule has 0 bridgehead atoms. The van der Waals surface area contributed by atoms with Crippen LogP contribution in [-0.4, -0.2) is 54.6 Å². The molecule has 35 heavy (non-hydrogen) atoms. The number of sulfonamides is 1. The highest BCUT2D eigenvalue weighted by Gasteiger charge is 2.30. The largest absolute Gasteiger partial charge is 0.350 e. The van der Waals surface area contributed by atoms with Crippen LogP contribution in [0.5, 0.6) is 0 Å². The highest BCUT2D eigenvalue weighted by molar-refractivity contribution is 7.89. The fourth-order valence-electron chi connectivity index (χ4n) is 3.75. The second-order valence-electron chi connectivity index (χ2n) is 9.91. The third-order valence-electron chi connectivity index (χ3n) is 5.67. The highest BCUT2D eigenvalue weighted by atomic mass is 32.2. The molecule has 0 radical (unpaired) electrons. The van der Waals surface area contributed by atoms with E-state index in [1.165, 1.54) is 11.4 Å².